The number of anilines is 1. The van der Waals surface area contributed by atoms with E-state index in [0.717, 1.165) is 9.17 Å². The largest absolute Gasteiger partial charge is 0.507 e. The number of nitrogens with zero attached hydrogens (tertiary/aromatic N) is 2. The molecule has 2 heterocycles. The van der Waals surface area contributed by atoms with Crippen LogP contribution >= 0.6 is 38.9 Å². The van der Waals surface area contributed by atoms with Crippen LogP contribution in [0.15, 0.2) is 76.8 Å². The second-order valence-electron chi connectivity index (χ2n) is 7.79. The highest BCUT2D eigenvalue weighted by atomic mass is 79.9. The van der Waals surface area contributed by atoms with Gasteiger partial charge in [-0.3, -0.25) is 14.5 Å². The first-order chi connectivity index (χ1) is 16.9. The zero-order valence-corrected chi connectivity index (χ0v) is 21.5. The van der Waals surface area contributed by atoms with Crippen molar-refractivity contribution in [3.63, 3.8) is 0 Å². The molecule has 0 radical (unpaired) electrons. The van der Waals surface area contributed by atoms with E-state index in [1.165, 1.54) is 16.2 Å². The minimum atomic E-state index is -0.866. The Kier molecular flexibility index (Phi) is 6.35. The number of aliphatic hydroxyl groups is 1. The standard InChI is InChI=1S/C26H18BrClN2O4S/c1-2-34-18-10-11-19-20(13-18)35-26(29-19)30-22(15-4-3-5-16(27)12-15)21(24(32)25(30)33)23(31)14-6-8-17(28)9-7-14/h3-13,22,31H,2H2,1H3/b23-21+/t22-/m1/s1. The maximum absolute atomic E-state index is 13.4. The summed E-state index contributed by atoms with van der Waals surface area (Å²) < 4.78 is 7.18. The topological polar surface area (TPSA) is 79.7 Å². The van der Waals surface area contributed by atoms with Crippen molar-refractivity contribution in [2.45, 2.75) is 13.0 Å². The summed E-state index contributed by atoms with van der Waals surface area (Å²) in [5.41, 5.74) is 1.71. The molecule has 1 aromatic heterocycles. The van der Waals surface area contributed by atoms with Gasteiger partial charge in [0.15, 0.2) is 5.13 Å². The van der Waals surface area contributed by atoms with Gasteiger partial charge in [-0.1, -0.05) is 51.0 Å². The summed E-state index contributed by atoms with van der Waals surface area (Å²) in [6, 6.07) is 18.4. The molecule has 9 heteroatoms. The quantitative estimate of drug-likeness (QED) is 0.164. The maximum atomic E-state index is 13.4. The molecule has 1 fully saturated rings. The van der Waals surface area contributed by atoms with Gasteiger partial charge < -0.3 is 9.84 Å². The highest BCUT2D eigenvalue weighted by Gasteiger charge is 2.48. The molecule has 5 rings (SSSR count). The number of hydrogen-bond acceptors (Lipinski definition) is 6. The molecule has 1 aliphatic heterocycles. The Labute approximate surface area is 218 Å². The van der Waals surface area contributed by atoms with Gasteiger partial charge in [-0.2, -0.15) is 0 Å². The monoisotopic (exact) mass is 568 g/mol. The third-order valence-electron chi connectivity index (χ3n) is 5.59. The molecule has 3 aromatic carbocycles. The summed E-state index contributed by atoms with van der Waals surface area (Å²) in [6.45, 7) is 2.43. The zero-order valence-electron chi connectivity index (χ0n) is 18.4. The predicted octanol–water partition coefficient (Wildman–Crippen LogP) is 6.74. The smallest absolute Gasteiger partial charge is 0.301 e. The van der Waals surface area contributed by atoms with Crippen molar-refractivity contribution in [3.05, 3.63) is 92.9 Å². The van der Waals surface area contributed by atoms with Gasteiger partial charge in [0.2, 0.25) is 0 Å². The number of ketones is 1. The molecule has 176 valence electrons. The number of aromatic nitrogens is 1. The van der Waals surface area contributed by atoms with Crippen LogP contribution in [0.1, 0.15) is 24.1 Å². The second kappa shape index (κ2) is 9.45. The van der Waals surface area contributed by atoms with Crippen LogP contribution in [0, 0.1) is 0 Å². The van der Waals surface area contributed by atoms with Gasteiger partial charge in [-0.15, -0.1) is 0 Å². The van der Waals surface area contributed by atoms with Gasteiger partial charge in [-0.05, 0) is 67.1 Å². The number of carbonyl (C=O) groups is 2. The van der Waals surface area contributed by atoms with Crippen molar-refractivity contribution in [1.82, 2.24) is 4.98 Å². The Balaban J connectivity index is 1.70. The fraction of sp³-hybridized carbons (Fsp3) is 0.115. The molecular weight excluding hydrogens is 552 g/mol. The highest BCUT2D eigenvalue weighted by molar-refractivity contribution is 9.10. The van der Waals surface area contributed by atoms with E-state index in [4.69, 9.17) is 16.3 Å². The number of rotatable bonds is 5. The van der Waals surface area contributed by atoms with E-state index in [-0.39, 0.29) is 11.3 Å². The number of aliphatic hydroxyl groups excluding tert-OH is 1. The molecule has 0 spiro atoms. The summed E-state index contributed by atoms with van der Waals surface area (Å²) >= 11 is 10.7. The Hall–Kier alpha value is -3.20. The first kappa shape index (κ1) is 23.5. The first-order valence-electron chi connectivity index (χ1n) is 10.7. The van der Waals surface area contributed by atoms with Gasteiger partial charge in [0.25, 0.3) is 5.78 Å². The van der Waals surface area contributed by atoms with Gasteiger partial charge >= 0.3 is 5.91 Å². The van der Waals surface area contributed by atoms with Gasteiger partial charge in [0.05, 0.1) is 28.4 Å². The third-order valence-corrected chi connectivity index (χ3v) is 7.35. The van der Waals surface area contributed by atoms with Crippen LogP contribution in [0.5, 0.6) is 5.75 Å². The number of ether oxygens (including phenoxy) is 1. The van der Waals surface area contributed by atoms with Crippen molar-refractivity contribution < 1.29 is 19.4 Å². The lowest BCUT2D eigenvalue weighted by atomic mass is 9.95. The lowest BCUT2D eigenvalue weighted by molar-refractivity contribution is -0.132. The first-order valence-corrected chi connectivity index (χ1v) is 12.7. The van der Waals surface area contributed by atoms with Crippen molar-refractivity contribution in [2.24, 2.45) is 0 Å². The molecule has 1 saturated heterocycles. The number of amides is 1. The molecule has 0 saturated carbocycles. The number of carbonyl (C=O) groups excluding carboxylic acids is 2. The van der Waals surface area contributed by atoms with E-state index >= 15 is 0 Å². The van der Waals surface area contributed by atoms with Gasteiger partial charge in [0.1, 0.15) is 11.5 Å². The zero-order chi connectivity index (χ0) is 24.7. The summed E-state index contributed by atoms with van der Waals surface area (Å²) in [5.74, 6) is -1.11. The van der Waals surface area contributed by atoms with Crippen LogP contribution in [0.2, 0.25) is 5.02 Å². The molecule has 0 aliphatic carbocycles. The molecule has 4 aromatic rings. The van der Waals surface area contributed by atoms with Crippen LogP contribution < -0.4 is 9.64 Å². The van der Waals surface area contributed by atoms with Crippen molar-refractivity contribution >= 4 is 71.7 Å². The molecule has 0 bridgehead atoms. The molecule has 1 atom stereocenters. The molecule has 6 nitrogen and oxygen atoms in total. The van der Waals surface area contributed by atoms with Crippen LogP contribution in [0.4, 0.5) is 5.13 Å². The number of benzene rings is 3. The van der Waals surface area contributed by atoms with E-state index in [9.17, 15) is 14.7 Å². The van der Waals surface area contributed by atoms with Crippen LogP contribution in [0.3, 0.4) is 0 Å². The van der Waals surface area contributed by atoms with Gasteiger partial charge in [0, 0.05) is 15.1 Å². The van der Waals surface area contributed by atoms with Crippen LogP contribution in [-0.4, -0.2) is 28.4 Å². The predicted molar refractivity (Wildman–Crippen MR) is 141 cm³/mol. The molecular formula is C26H18BrClN2O4S. The number of halogens is 2. The minimum absolute atomic E-state index is 0.00955. The number of fused-ring (bicyclic) bond motifs is 1. The summed E-state index contributed by atoms with van der Waals surface area (Å²) in [6.07, 6.45) is 0. The normalized spacial score (nSPS) is 17.3. The van der Waals surface area contributed by atoms with Crippen LogP contribution in [-0.2, 0) is 9.59 Å². The van der Waals surface area contributed by atoms with E-state index in [1.807, 2.05) is 49.4 Å². The van der Waals surface area contributed by atoms with Crippen molar-refractivity contribution in [1.29, 1.82) is 0 Å². The molecule has 1 aliphatic rings. The maximum Gasteiger partial charge on any atom is 0.301 e. The summed E-state index contributed by atoms with van der Waals surface area (Å²) in [5, 5.41) is 12.0. The van der Waals surface area contributed by atoms with E-state index in [1.54, 1.807) is 24.3 Å². The Bertz CT molecular complexity index is 1500. The average molecular weight is 570 g/mol. The summed E-state index contributed by atoms with van der Waals surface area (Å²) in [4.78, 5) is 32.7. The van der Waals surface area contributed by atoms with E-state index in [2.05, 4.69) is 20.9 Å². The third kappa shape index (κ3) is 4.33. The van der Waals surface area contributed by atoms with Crippen molar-refractivity contribution in [3.8, 4) is 5.75 Å². The number of hydrogen-bond donors (Lipinski definition) is 1. The molecule has 1 amide bonds. The van der Waals surface area contributed by atoms with E-state index in [0.29, 0.717) is 39.2 Å². The fourth-order valence-corrected chi connectivity index (χ4v) is 5.60. The minimum Gasteiger partial charge on any atom is -0.507 e. The SMILES string of the molecule is CCOc1ccc2nc(N3C(=O)C(=O)/C(=C(/O)c4ccc(Cl)cc4)[C@H]3c3cccc(Br)c3)sc2c1. The van der Waals surface area contributed by atoms with Gasteiger partial charge in [-0.25, -0.2) is 4.98 Å². The molecule has 0 unspecified atom stereocenters. The number of thiazole rings is 1. The van der Waals surface area contributed by atoms with E-state index < -0.39 is 17.7 Å². The molecule has 1 N–H and O–H groups in total. The lowest BCUT2D eigenvalue weighted by Crippen LogP contribution is -2.29. The second-order valence-corrected chi connectivity index (χ2v) is 10.2. The Morgan fingerprint density at radius 2 is 1.91 bits per heavy atom. The molecule has 35 heavy (non-hydrogen) atoms. The fourth-order valence-electron chi connectivity index (χ4n) is 4.04. The lowest BCUT2D eigenvalue weighted by Gasteiger charge is -2.23. The summed E-state index contributed by atoms with van der Waals surface area (Å²) in [7, 11) is 0. The average Bonchev–Trinajstić information content (AvgIpc) is 3.37. The highest BCUT2D eigenvalue weighted by Crippen LogP contribution is 2.45. The Morgan fingerprint density at radius 3 is 2.63 bits per heavy atom. The Morgan fingerprint density at radius 1 is 1.14 bits per heavy atom. The number of Topliss-reactive ketones (excluding diaryl/α,β-unsaturated/α-hetero) is 1. The van der Waals surface area contributed by atoms with Crippen molar-refractivity contribution in [2.75, 3.05) is 11.5 Å². The van der Waals surface area contributed by atoms with Crippen LogP contribution in [0.25, 0.3) is 16.0 Å².